The standard InChI is InChI=1S/C15H16N2O3/c1-10-7-11(2)15(13(8-10)17(18)19)20-14-6-4-3-5-12(14)9-16/h3-8H,9,16H2,1-2H3. The molecule has 0 atom stereocenters. The van der Waals surface area contributed by atoms with Crippen LogP contribution in [-0.2, 0) is 6.54 Å². The normalized spacial score (nSPS) is 10.3. The van der Waals surface area contributed by atoms with E-state index in [0.29, 0.717) is 12.3 Å². The van der Waals surface area contributed by atoms with Crippen molar-refractivity contribution >= 4 is 5.69 Å². The van der Waals surface area contributed by atoms with Crippen molar-refractivity contribution in [1.82, 2.24) is 0 Å². The minimum atomic E-state index is -0.430. The lowest BCUT2D eigenvalue weighted by Gasteiger charge is -2.12. The minimum Gasteiger partial charge on any atom is -0.450 e. The monoisotopic (exact) mass is 272 g/mol. The highest BCUT2D eigenvalue weighted by molar-refractivity contribution is 5.55. The first-order valence-electron chi connectivity index (χ1n) is 6.24. The maximum absolute atomic E-state index is 11.2. The summed E-state index contributed by atoms with van der Waals surface area (Å²) in [6.45, 7) is 3.92. The van der Waals surface area contributed by atoms with Gasteiger partial charge in [-0.2, -0.15) is 0 Å². The van der Waals surface area contributed by atoms with Crippen LogP contribution in [0.2, 0.25) is 0 Å². The SMILES string of the molecule is Cc1cc(C)c(Oc2ccccc2CN)c([N+](=O)[O-])c1. The third kappa shape index (κ3) is 2.78. The molecule has 0 saturated heterocycles. The van der Waals surface area contributed by atoms with Gasteiger partial charge in [-0.05, 0) is 31.0 Å². The fraction of sp³-hybridized carbons (Fsp3) is 0.200. The molecule has 0 fully saturated rings. The van der Waals surface area contributed by atoms with Gasteiger partial charge in [-0.15, -0.1) is 0 Å². The first-order chi connectivity index (χ1) is 9.52. The number of nitro groups is 1. The van der Waals surface area contributed by atoms with Crippen molar-refractivity contribution in [3.63, 3.8) is 0 Å². The van der Waals surface area contributed by atoms with E-state index in [1.807, 2.05) is 31.2 Å². The highest BCUT2D eigenvalue weighted by Gasteiger charge is 2.19. The average molecular weight is 272 g/mol. The number of benzene rings is 2. The zero-order valence-electron chi connectivity index (χ0n) is 11.4. The maximum atomic E-state index is 11.2. The molecule has 2 aromatic rings. The average Bonchev–Trinajstić information content (AvgIpc) is 2.41. The lowest BCUT2D eigenvalue weighted by Crippen LogP contribution is -2.01. The van der Waals surface area contributed by atoms with Crippen molar-refractivity contribution in [2.45, 2.75) is 20.4 Å². The largest absolute Gasteiger partial charge is 0.450 e. The molecular weight excluding hydrogens is 256 g/mol. The van der Waals surface area contributed by atoms with Gasteiger partial charge in [-0.25, -0.2) is 0 Å². The predicted octanol–water partition coefficient (Wildman–Crippen LogP) is 3.46. The summed E-state index contributed by atoms with van der Waals surface area (Å²) in [7, 11) is 0. The number of rotatable bonds is 4. The first-order valence-corrected chi connectivity index (χ1v) is 6.24. The van der Waals surface area contributed by atoms with Crippen molar-refractivity contribution in [2.24, 2.45) is 5.73 Å². The molecule has 0 radical (unpaired) electrons. The lowest BCUT2D eigenvalue weighted by atomic mass is 10.1. The van der Waals surface area contributed by atoms with E-state index in [2.05, 4.69) is 0 Å². The van der Waals surface area contributed by atoms with Crippen LogP contribution in [-0.4, -0.2) is 4.92 Å². The van der Waals surface area contributed by atoms with Crippen LogP contribution in [0.5, 0.6) is 11.5 Å². The van der Waals surface area contributed by atoms with Gasteiger partial charge >= 0.3 is 5.69 Å². The Hall–Kier alpha value is -2.40. The molecule has 5 heteroatoms. The second-order valence-corrected chi connectivity index (χ2v) is 4.60. The molecule has 0 aliphatic carbocycles. The quantitative estimate of drug-likeness (QED) is 0.682. The molecule has 0 aliphatic heterocycles. The molecule has 0 aliphatic rings. The van der Waals surface area contributed by atoms with E-state index in [-0.39, 0.29) is 11.4 Å². The van der Waals surface area contributed by atoms with Crippen molar-refractivity contribution in [3.8, 4) is 11.5 Å². The Bertz CT molecular complexity index is 654. The topological polar surface area (TPSA) is 78.4 Å². The third-order valence-corrected chi connectivity index (χ3v) is 3.00. The molecule has 0 saturated carbocycles. The number of hydrogen-bond acceptors (Lipinski definition) is 4. The van der Waals surface area contributed by atoms with E-state index in [0.717, 1.165) is 16.7 Å². The first kappa shape index (κ1) is 14.0. The second-order valence-electron chi connectivity index (χ2n) is 4.60. The Balaban J connectivity index is 2.50. The predicted molar refractivity (Wildman–Crippen MR) is 77.0 cm³/mol. The summed E-state index contributed by atoms with van der Waals surface area (Å²) < 4.78 is 5.76. The van der Waals surface area contributed by atoms with Gasteiger partial charge in [0.15, 0.2) is 0 Å². The Morgan fingerprint density at radius 3 is 2.60 bits per heavy atom. The summed E-state index contributed by atoms with van der Waals surface area (Å²) in [5, 5.41) is 11.2. The van der Waals surface area contributed by atoms with Crippen LogP contribution in [0.1, 0.15) is 16.7 Å². The van der Waals surface area contributed by atoms with Gasteiger partial charge in [-0.3, -0.25) is 10.1 Å². The molecule has 0 spiro atoms. The molecule has 2 N–H and O–H groups in total. The second kappa shape index (κ2) is 5.71. The smallest absolute Gasteiger partial charge is 0.312 e. The summed E-state index contributed by atoms with van der Waals surface area (Å²) in [6.07, 6.45) is 0. The fourth-order valence-corrected chi connectivity index (χ4v) is 2.08. The van der Waals surface area contributed by atoms with Crippen LogP contribution in [0.3, 0.4) is 0 Å². The highest BCUT2D eigenvalue weighted by atomic mass is 16.6. The van der Waals surface area contributed by atoms with Gasteiger partial charge in [0.25, 0.3) is 0 Å². The van der Waals surface area contributed by atoms with Crippen molar-refractivity contribution in [3.05, 3.63) is 63.2 Å². The Kier molecular flexibility index (Phi) is 4.00. The molecule has 2 rings (SSSR count). The fourth-order valence-electron chi connectivity index (χ4n) is 2.08. The van der Waals surface area contributed by atoms with Crippen LogP contribution in [0.15, 0.2) is 36.4 Å². The van der Waals surface area contributed by atoms with E-state index >= 15 is 0 Å². The summed E-state index contributed by atoms with van der Waals surface area (Å²) in [5.41, 5.74) is 7.98. The molecule has 0 aromatic heterocycles. The van der Waals surface area contributed by atoms with Crippen molar-refractivity contribution in [2.75, 3.05) is 0 Å². The molecule has 104 valence electrons. The zero-order chi connectivity index (χ0) is 14.7. The van der Waals surface area contributed by atoms with Gasteiger partial charge in [-0.1, -0.05) is 24.3 Å². The number of para-hydroxylation sites is 1. The molecule has 20 heavy (non-hydrogen) atoms. The van der Waals surface area contributed by atoms with Crippen LogP contribution in [0.4, 0.5) is 5.69 Å². The maximum Gasteiger partial charge on any atom is 0.312 e. The molecule has 0 heterocycles. The van der Waals surface area contributed by atoms with E-state index in [4.69, 9.17) is 10.5 Å². The summed E-state index contributed by atoms with van der Waals surface area (Å²) in [5.74, 6) is 0.812. The number of ether oxygens (including phenoxy) is 1. The molecule has 0 amide bonds. The van der Waals surface area contributed by atoms with Gasteiger partial charge in [0.2, 0.25) is 5.75 Å². The zero-order valence-corrected chi connectivity index (χ0v) is 11.4. The van der Waals surface area contributed by atoms with Gasteiger partial charge in [0.1, 0.15) is 5.75 Å². The highest BCUT2D eigenvalue weighted by Crippen LogP contribution is 2.36. The molecule has 0 bridgehead atoms. The summed E-state index contributed by atoms with van der Waals surface area (Å²) in [4.78, 5) is 10.7. The van der Waals surface area contributed by atoms with Crippen LogP contribution in [0.25, 0.3) is 0 Å². The van der Waals surface area contributed by atoms with Crippen LogP contribution >= 0.6 is 0 Å². The number of nitrogens with zero attached hydrogens (tertiary/aromatic N) is 1. The van der Waals surface area contributed by atoms with Crippen molar-refractivity contribution in [1.29, 1.82) is 0 Å². The molecule has 2 aromatic carbocycles. The lowest BCUT2D eigenvalue weighted by molar-refractivity contribution is -0.385. The summed E-state index contributed by atoms with van der Waals surface area (Å²) in [6, 6.07) is 10.6. The number of aryl methyl sites for hydroxylation is 2. The Morgan fingerprint density at radius 1 is 1.25 bits per heavy atom. The molecule has 0 unspecified atom stereocenters. The van der Waals surface area contributed by atoms with Crippen LogP contribution in [0, 0.1) is 24.0 Å². The Morgan fingerprint density at radius 2 is 1.95 bits per heavy atom. The number of nitrogens with two attached hydrogens (primary N) is 1. The third-order valence-electron chi connectivity index (χ3n) is 3.00. The van der Waals surface area contributed by atoms with Gasteiger partial charge in [0, 0.05) is 18.2 Å². The van der Waals surface area contributed by atoms with Gasteiger partial charge < -0.3 is 10.5 Å². The van der Waals surface area contributed by atoms with E-state index in [9.17, 15) is 10.1 Å². The molecular formula is C15H16N2O3. The van der Waals surface area contributed by atoms with Gasteiger partial charge in [0.05, 0.1) is 4.92 Å². The van der Waals surface area contributed by atoms with E-state index < -0.39 is 4.92 Å². The van der Waals surface area contributed by atoms with Crippen LogP contribution < -0.4 is 10.5 Å². The minimum absolute atomic E-state index is 0.0330. The number of hydrogen-bond donors (Lipinski definition) is 1. The number of nitro benzene ring substituents is 1. The molecule has 5 nitrogen and oxygen atoms in total. The summed E-state index contributed by atoms with van der Waals surface area (Å²) >= 11 is 0. The van der Waals surface area contributed by atoms with Crippen molar-refractivity contribution < 1.29 is 9.66 Å². The Labute approximate surface area is 117 Å². The van der Waals surface area contributed by atoms with E-state index in [1.54, 1.807) is 13.0 Å². The van der Waals surface area contributed by atoms with E-state index in [1.165, 1.54) is 6.07 Å².